The molecule has 2 aromatic rings. The van der Waals surface area contributed by atoms with Crippen LogP contribution in [0.5, 0.6) is 5.75 Å². The highest BCUT2D eigenvalue weighted by Gasteiger charge is 2.12. The third-order valence-corrected chi connectivity index (χ3v) is 5.42. The van der Waals surface area contributed by atoms with Gasteiger partial charge in [-0.15, -0.1) is 0 Å². The third kappa shape index (κ3) is 9.35. The Morgan fingerprint density at radius 1 is 1.12 bits per heavy atom. The summed E-state index contributed by atoms with van der Waals surface area (Å²) in [5.74, 6) is 0.659. The monoisotopic (exact) mass is 457 g/mol. The summed E-state index contributed by atoms with van der Waals surface area (Å²) in [6.45, 7) is 11.3. The predicted molar refractivity (Wildman–Crippen MR) is 133 cm³/mol. The molecule has 1 aliphatic heterocycles. The molecule has 3 rings (SSSR count). The fourth-order valence-electron chi connectivity index (χ4n) is 3.71. The summed E-state index contributed by atoms with van der Waals surface area (Å²) in [4.78, 5) is 29.7. The van der Waals surface area contributed by atoms with E-state index in [4.69, 9.17) is 4.74 Å². The Kier molecular flexibility index (Phi) is 12.9. The molecule has 0 radical (unpaired) electrons. The number of carbonyl (C=O) groups excluding carboxylic acids is 2. The number of carbonyl (C=O) groups is 2. The molecule has 1 fully saturated rings. The van der Waals surface area contributed by atoms with Gasteiger partial charge < -0.3 is 25.6 Å². The molecule has 182 valence electrons. The Hall–Kier alpha value is -2.71. The topological polar surface area (TPSA) is 95.6 Å². The normalized spacial score (nSPS) is 13.6. The second kappa shape index (κ2) is 16.0. The van der Waals surface area contributed by atoms with Crippen molar-refractivity contribution in [2.24, 2.45) is 0 Å². The quantitative estimate of drug-likeness (QED) is 0.316. The van der Waals surface area contributed by atoms with Gasteiger partial charge in [-0.2, -0.15) is 0 Å². The Balaban J connectivity index is 0.00000187. The Morgan fingerprint density at radius 2 is 1.91 bits per heavy atom. The molecule has 0 aliphatic carbocycles. The van der Waals surface area contributed by atoms with Crippen molar-refractivity contribution in [2.45, 2.75) is 39.5 Å². The van der Waals surface area contributed by atoms with Crippen LogP contribution in [-0.4, -0.2) is 74.6 Å². The molecular weight excluding hydrogens is 418 g/mol. The van der Waals surface area contributed by atoms with Crippen molar-refractivity contribution >= 4 is 23.2 Å². The highest BCUT2D eigenvalue weighted by Crippen LogP contribution is 2.23. The van der Waals surface area contributed by atoms with Crippen LogP contribution in [0, 0.1) is 0 Å². The first-order valence-corrected chi connectivity index (χ1v) is 12.2. The van der Waals surface area contributed by atoms with Crippen molar-refractivity contribution in [3.05, 3.63) is 36.0 Å². The van der Waals surface area contributed by atoms with Gasteiger partial charge >= 0.3 is 0 Å². The molecular formula is C25H39N5O3. The van der Waals surface area contributed by atoms with E-state index in [1.54, 1.807) is 12.3 Å². The van der Waals surface area contributed by atoms with Crippen molar-refractivity contribution in [3.8, 4) is 5.75 Å². The van der Waals surface area contributed by atoms with E-state index in [9.17, 15) is 9.59 Å². The lowest BCUT2D eigenvalue weighted by atomic mass is 10.1. The second-order valence-corrected chi connectivity index (χ2v) is 7.72. The molecule has 1 saturated heterocycles. The molecule has 1 aromatic heterocycles. The molecule has 0 saturated carbocycles. The largest absolute Gasteiger partial charge is 0.494 e. The SMILES string of the molecule is CC.O=CNCCCCCNC(=O)c1ccnc2ccc(OCCCN3CCNCC3)cc12. The van der Waals surface area contributed by atoms with Crippen molar-refractivity contribution in [2.75, 3.05) is 52.4 Å². The first kappa shape index (κ1) is 26.5. The average molecular weight is 458 g/mol. The van der Waals surface area contributed by atoms with Gasteiger partial charge in [0.15, 0.2) is 0 Å². The fraction of sp³-hybridized carbons (Fsp3) is 0.560. The predicted octanol–water partition coefficient (Wildman–Crippen LogP) is 2.58. The zero-order chi connectivity index (χ0) is 23.7. The molecule has 8 heteroatoms. The third-order valence-electron chi connectivity index (χ3n) is 5.42. The first-order chi connectivity index (χ1) is 16.3. The minimum Gasteiger partial charge on any atom is -0.494 e. The zero-order valence-corrected chi connectivity index (χ0v) is 20.1. The number of nitrogens with one attached hydrogen (secondary N) is 3. The Labute approximate surface area is 197 Å². The van der Waals surface area contributed by atoms with Crippen LogP contribution < -0.4 is 20.7 Å². The van der Waals surface area contributed by atoms with Crippen LogP contribution in [0.2, 0.25) is 0 Å². The molecule has 3 N–H and O–H groups in total. The number of fused-ring (bicyclic) bond motifs is 1. The van der Waals surface area contributed by atoms with Gasteiger partial charge in [0.05, 0.1) is 17.7 Å². The number of unbranched alkanes of at least 4 members (excludes halogenated alkanes) is 2. The highest BCUT2D eigenvalue weighted by atomic mass is 16.5. The van der Waals surface area contributed by atoms with Crippen LogP contribution in [0.15, 0.2) is 30.5 Å². The first-order valence-electron chi connectivity index (χ1n) is 12.2. The van der Waals surface area contributed by atoms with Crippen molar-refractivity contribution in [1.29, 1.82) is 0 Å². The summed E-state index contributed by atoms with van der Waals surface area (Å²) >= 11 is 0. The van der Waals surface area contributed by atoms with Gasteiger partial charge in [-0.1, -0.05) is 13.8 Å². The zero-order valence-electron chi connectivity index (χ0n) is 20.1. The van der Waals surface area contributed by atoms with E-state index in [1.807, 2.05) is 32.0 Å². The minimum atomic E-state index is -0.103. The van der Waals surface area contributed by atoms with E-state index >= 15 is 0 Å². The standard InChI is InChI=1S/C23H33N5O3.C2H6/c29-18-25-8-2-1-3-9-27-23(30)20-7-10-26-22-6-5-19(17-21(20)22)31-16-4-13-28-14-11-24-12-15-28;1-2/h5-7,10,17-18,24H,1-4,8-9,11-16H2,(H,25,29)(H,27,30);1-2H3. The number of rotatable bonds is 13. The fourth-order valence-corrected chi connectivity index (χ4v) is 3.71. The van der Waals surface area contributed by atoms with Crippen LogP contribution in [0.3, 0.4) is 0 Å². The molecule has 0 spiro atoms. The van der Waals surface area contributed by atoms with Gasteiger partial charge in [0.2, 0.25) is 6.41 Å². The van der Waals surface area contributed by atoms with Gasteiger partial charge in [0.1, 0.15) is 5.75 Å². The van der Waals surface area contributed by atoms with E-state index in [2.05, 4.69) is 25.8 Å². The molecule has 0 bridgehead atoms. The van der Waals surface area contributed by atoms with E-state index < -0.39 is 0 Å². The summed E-state index contributed by atoms with van der Waals surface area (Å²) in [6, 6.07) is 7.47. The highest BCUT2D eigenvalue weighted by molar-refractivity contribution is 6.06. The van der Waals surface area contributed by atoms with Crippen LogP contribution in [0.4, 0.5) is 0 Å². The maximum Gasteiger partial charge on any atom is 0.252 e. The van der Waals surface area contributed by atoms with E-state index in [-0.39, 0.29) is 5.91 Å². The Morgan fingerprint density at radius 3 is 2.70 bits per heavy atom. The number of aromatic nitrogens is 1. The van der Waals surface area contributed by atoms with E-state index in [0.29, 0.717) is 31.7 Å². The van der Waals surface area contributed by atoms with E-state index in [1.165, 1.54) is 0 Å². The van der Waals surface area contributed by atoms with Gasteiger partial charge in [-0.25, -0.2) is 0 Å². The summed E-state index contributed by atoms with van der Waals surface area (Å²) in [5, 5.41) is 9.79. The average Bonchev–Trinajstić information content (AvgIpc) is 2.87. The molecule has 0 unspecified atom stereocenters. The molecule has 2 amide bonds. The number of pyridine rings is 1. The summed E-state index contributed by atoms with van der Waals surface area (Å²) in [5.41, 5.74) is 1.39. The molecule has 33 heavy (non-hydrogen) atoms. The van der Waals surface area contributed by atoms with Crippen molar-refractivity contribution in [3.63, 3.8) is 0 Å². The molecule has 1 aliphatic rings. The molecule has 0 atom stereocenters. The van der Waals surface area contributed by atoms with Gasteiger partial charge in [-0.05, 0) is 49.9 Å². The van der Waals surface area contributed by atoms with E-state index in [0.717, 1.165) is 75.1 Å². The number of ether oxygens (including phenoxy) is 1. The molecule has 2 heterocycles. The number of benzene rings is 1. The summed E-state index contributed by atoms with van der Waals surface area (Å²) in [7, 11) is 0. The van der Waals surface area contributed by atoms with Crippen LogP contribution in [0.25, 0.3) is 10.9 Å². The molecule has 8 nitrogen and oxygen atoms in total. The van der Waals surface area contributed by atoms with Gasteiger partial charge in [0.25, 0.3) is 5.91 Å². The lowest BCUT2D eigenvalue weighted by Gasteiger charge is -2.26. The van der Waals surface area contributed by atoms with Crippen molar-refractivity contribution < 1.29 is 14.3 Å². The number of piperazine rings is 1. The van der Waals surface area contributed by atoms with Crippen LogP contribution in [0.1, 0.15) is 49.9 Å². The smallest absolute Gasteiger partial charge is 0.252 e. The summed E-state index contributed by atoms with van der Waals surface area (Å²) < 4.78 is 5.95. The number of hydrogen-bond donors (Lipinski definition) is 3. The number of nitrogens with zero attached hydrogens (tertiary/aromatic N) is 2. The maximum atomic E-state index is 12.7. The van der Waals surface area contributed by atoms with Gasteiger partial charge in [-0.3, -0.25) is 14.6 Å². The summed E-state index contributed by atoms with van der Waals surface area (Å²) in [6.07, 6.45) is 6.07. The van der Waals surface area contributed by atoms with Gasteiger partial charge in [0, 0.05) is 57.4 Å². The number of amides is 2. The van der Waals surface area contributed by atoms with Crippen LogP contribution >= 0.6 is 0 Å². The van der Waals surface area contributed by atoms with Crippen LogP contribution in [-0.2, 0) is 4.79 Å². The van der Waals surface area contributed by atoms with Crippen molar-refractivity contribution in [1.82, 2.24) is 25.8 Å². The molecule has 1 aromatic carbocycles. The Bertz CT molecular complexity index is 840. The lowest BCUT2D eigenvalue weighted by molar-refractivity contribution is -0.109. The number of hydrogen-bond acceptors (Lipinski definition) is 6. The minimum absolute atomic E-state index is 0.103. The lowest BCUT2D eigenvalue weighted by Crippen LogP contribution is -2.43. The second-order valence-electron chi connectivity index (χ2n) is 7.72. The maximum absolute atomic E-state index is 12.7.